The predicted octanol–water partition coefficient (Wildman–Crippen LogP) is 2.76. The number of hydrogen-bond donors (Lipinski definition) is 1. The maximum Gasteiger partial charge on any atom is 0.240 e. The molecular formula is C13H16N2OS. The maximum atomic E-state index is 12.1. The van der Waals surface area contributed by atoms with Crippen LogP contribution in [-0.4, -0.2) is 5.91 Å². The molecule has 1 aromatic heterocycles. The largest absolute Gasteiger partial charge is 0.350 e. The number of nitrogens with zero attached hydrogens (tertiary/aromatic N) is 1. The molecule has 2 rings (SSSR count). The zero-order chi connectivity index (χ0) is 12.3. The Kier molecular flexibility index (Phi) is 3.49. The van der Waals surface area contributed by atoms with Crippen molar-refractivity contribution in [1.29, 1.82) is 5.26 Å². The number of thiophene rings is 1. The Labute approximate surface area is 105 Å². The van der Waals surface area contributed by atoms with E-state index in [0.717, 1.165) is 12.8 Å². The summed E-state index contributed by atoms with van der Waals surface area (Å²) in [6.07, 6.45) is 3.38. The molecule has 1 N–H and O–H groups in total. The van der Waals surface area contributed by atoms with Crippen molar-refractivity contribution in [1.82, 2.24) is 5.32 Å². The van der Waals surface area contributed by atoms with Crippen LogP contribution in [0.15, 0.2) is 11.4 Å². The molecule has 0 atom stereocenters. The summed E-state index contributed by atoms with van der Waals surface area (Å²) in [7, 11) is 0. The lowest BCUT2D eigenvalue weighted by Gasteiger charge is -2.19. The topological polar surface area (TPSA) is 52.9 Å². The average Bonchev–Trinajstić information content (AvgIpc) is 2.95. The molecule has 1 fully saturated rings. The van der Waals surface area contributed by atoms with E-state index in [2.05, 4.69) is 11.4 Å². The number of amides is 1. The van der Waals surface area contributed by atoms with Gasteiger partial charge >= 0.3 is 0 Å². The summed E-state index contributed by atoms with van der Waals surface area (Å²) in [4.78, 5) is 13.2. The number of hydrogen-bond acceptors (Lipinski definition) is 3. The van der Waals surface area contributed by atoms with Crippen molar-refractivity contribution in [3.63, 3.8) is 0 Å². The third kappa shape index (κ3) is 2.34. The van der Waals surface area contributed by atoms with Crippen molar-refractivity contribution < 1.29 is 4.79 Å². The molecule has 0 aromatic carbocycles. The molecule has 0 spiro atoms. The predicted molar refractivity (Wildman–Crippen MR) is 67.4 cm³/mol. The zero-order valence-corrected chi connectivity index (χ0v) is 10.8. The van der Waals surface area contributed by atoms with Crippen LogP contribution in [0.2, 0.25) is 0 Å². The summed E-state index contributed by atoms with van der Waals surface area (Å²) >= 11 is 1.64. The van der Waals surface area contributed by atoms with Crippen LogP contribution in [0.25, 0.3) is 0 Å². The number of carbonyl (C=O) groups excluding carboxylic acids is 1. The first-order valence-electron chi connectivity index (χ1n) is 5.90. The Morgan fingerprint density at radius 2 is 2.29 bits per heavy atom. The van der Waals surface area contributed by atoms with Crippen LogP contribution in [0.5, 0.6) is 0 Å². The SMILES string of the molecule is Cc1ccsc1CNC(=O)C1(C#N)CCCC1. The molecule has 1 saturated carbocycles. The van der Waals surface area contributed by atoms with Crippen molar-refractivity contribution in [3.05, 3.63) is 21.9 Å². The second-order valence-electron chi connectivity index (χ2n) is 4.61. The molecule has 1 aromatic rings. The second kappa shape index (κ2) is 4.89. The van der Waals surface area contributed by atoms with Gasteiger partial charge in [-0.25, -0.2) is 0 Å². The summed E-state index contributed by atoms with van der Waals surface area (Å²) < 4.78 is 0. The van der Waals surface area contributed by atoms with Gasteiger partial charge in [-0.3, -0.25) is 4.79 Å². The molecular weight excluding hydrogens is 232 g/mol. The third-order valence-corrected chi connectivity index (χ3v) is 4.51. The molecule has 1 aliphatic rings. The Hall–Kier alpha value is -1.34. The Morgan fingerprint density at radius 1 is 1.59 bits per heavy atom. The lowest BCUT2D eigenvalue weighted by atomic mass is 9.87. The van der Waals surface area contributed by atoms with Crippen LogP contribution in [0.1, 0.15) is 36.1 Å². The summed E-state index contributed by atoms with van der Waals surface area (Å²) in [5.41, 5.74) is 0.443. The van der Waals surface area contributed by atoms with Gasteiger partial charge in [0.15, 0.2) is 0 Å². The van der Waals surface area contributed by atoms with Crippen molar-refractivity contribution in [2.45, 2.75) is 39.2 Å². The third-order valence-electron chi connectivity index (χ3n) is 3.48. The van der Waals surface area contributed by atoms with Gasteiger partial charge in [-0.15, -0.1) is 11.3 Å². The number of nitriles is 1. The van der Waals surface area contributed by atoms with Gasteiger partial charge in [0.1, 0.15) is 5.41 Å². The van der Waals surface area contributed by atoms with Gasteiger partial charge in [-0.2, -0.15) is 5.26 Å². The molecule has 0 aliphatic heterocycles. The van der Waals surface area contributed by atoms with Crippen molar-refractivity contribution in [3.8, 4) is 6.07 Å². The first-order valence-corrected chi connectivity index (χ1v) is 6.78. The second-order valence-corrected chi connectivity index (χ2v) is 5.61. The molecule has 0 unspecified atom stereocenters. The first kappa shape index (κ1) is 12.1. The van der Waals surface area contributed by atoms with Gasteiger partial charge in [-0.1, -0.05) is 12.8 Å². The minimum atomic E-state index is -0.759. The van der Waals surface area contributed by atoms with Crippen LogP contribution in [0.3, 0.4) is 0 Å². The molecule has 17 heavy (non-hydrogen) atoms. The molecule has 1 aliphatic carbocycles. The van der Waals surface area contributed by atoms with Gasteiger partial charge in [0.05, 0.1) is 12.6 Å². The molecule has 1 amide bonds. The fourth-order valence-corrected chi connectivity index (χ4v) is 3.13. The highest BCUT2D eigenvalue weighted by atomic mass is 32.1. The number of nitrogens with one attached hydrogen (secondary N) is 1. The average molecular weight is 248 g/mol. The van der Waals surface area contributed by atoms with Crippen LogP contribution < -0.4 is 5.32 Å². The number of carbonyl (C=O) groups is 1. The van der Waals surface area contributed by atoms with E-state index < -0.39 is 5.41 Å². The molecule has 0 saturated heterocycles. The van der Waals surface area contributed by atoms with E-state index in [9.17, 15) is 10.1 Å². The Bertz CT molecular complexity index is 452. The highest BCUT2D eigenvalue weighted by Gasteiger charge is 2.41. The highest BCUT2D eigenvalue weighted by Crippen LogP contribution is 2.37. The smallest absolute Gasteiger partial charge is 0.240 e. The van der Waals surface area contributed by atoms with Crippen molar-refractivity contribution >= 4 is 17.2 Å². The molecule has 3 nitrogen and oxygen atoms in total. The van der Waals surface area contributed by atoms with Crippen LogP contribution >= 0.6 is 11.3 Å². The number of rotatable bonds is 3. The van der Waals surface area contributed by atoms with Crippen LogP contribution in [0.4, 0.5) is 0 Å². The van der Waals surface area contributed by atoms with Crippen LogP contribution in [-0.2, 0) is 11.3 Å². The molecule has 4 heteroatoms. The first-order chi connectivity index (χ1) is 8.18. The summed E-state index contributed by atoms with van der Waals surface area (Å²) in [6.45, 7) is 2.58. The quantitative estimate of drug-likeness (QED) is 0.894. The van der Waals surface area contributed by atoms with Gasteiger partial charge in [0.2, 0.25) is 5.91 Å². The summed E-state index contributed by atoms with van der Waals surface area (Å²) in [6, 6.07) is 4.26. The van der Waals surface area contributed by atoms with E-state index in [0.29, 0.717) is 19.4 Å². The van der Waals surface area contributed by atoms with Gasteiger partial charge in [0, 0.05) is 4.88 Å². The van der Waals surface area contributed by atoms with E-state index in [1.807, 2.05) is 18.4 Å². The van der Waals surface area contributed by atoms with Crippen LogP contribution in [0, 0.1) is 23.7 Å². The summed E-state index contributed by atoms with van der Waals surface area (Å²) in [5, 5.41) is 14.1. The van der Waals surface area contributed by atoms with Crippen molar-refractivity contribution in [2.24, 2.45) is 5.41 Å². The zero-order valence-electron chi connectivity index (χ0n) is 9.95. The Morgan fingerprint density at radius 3 is 2.82 bits per heavy atom. The monoisotopic (exact) mass is 248 g/mol. The molecule has 1 heterocycles. The Balaban J connectivity index is 1.98. The normalized spacial score (nSPS) is 17.6. The van der Waals surface area contributed by atoms with Gasteiger partial charge in [0.25, 0.3) is 0 Å². The lowest BCUT2D eigenvalue weighted by molar-refractivity contribution is -0.128. The highest BCUT2D eigenvalue weighted by molar-refractivity contribution is 7.10. The minimum Gasteiger partial charge on any atom is -0.350 e. The summed E-state index contributed by atoms with van der Waals surface area (Å²) in [5.74, 6) is -0.0923. The van der Waals surface area contributed by atoms with E-state index >= 15 is 0 Å². The van der Waals surface area contributed by atoms with Crippen molar-refractivity contribution in [2.75, 3.05) is 0 Å². The fourth-order valence-electron chi connectivity index (χ4n) is 2.28. The van der Waals surface area contributed by atoms with Gasteiger partial charge in [-0.05, 0) is 36.8 Å². The minimum absolute atomic E-state index is 0.0923. The molecule has 90 valence electrons. The molecule has 0 bridgehead atoms. The lowest BCUT2D eigenvalue weighted by Crippen LogP contribution is -2.37. The van der Waals surface area contributed by atoms with E-state index in [-0.39, 0.29) is 5.91 Å². The van der Waals surface area contributed by atoms with E-state index in [1.165, 1.54) is 10.4 Å². The van der Waals surface area contributed by atoms with E-state index in [1.54, 1.807) is 11.3 Å². The fraction of sp³-hybridized carbons (Fsp3) is 0.538. The maximum absolute atomic E-state index is 12.1. The van der Waals surface area contributed by atoms with E-state index in [4.69, 9.17) is 0 Å². The number of aryl methyl sites for hydroxylation is 1. The van der Waals surface area contributed by atoms with Gasteiger partial charge < -0.3 is 5.32 Å². The standard InChI is InChI=1S/C13H16N2OS/c1-10-4-7-17-11(10)8-15-12(16)13(9-14)5-2-3-6-13/h4,7H,2-3,5-6,8H2,1H3,(H,15,16). The molecule has 0 radical (unpaired) electrons.